The second kappa shape index (κ2) is 48.4. The molecule has 0 aromatic rings. The molecule has 0 saturated carbocycles. The van der Waals surface area contributed by atoms with E-state index in [0.717, 1.165) is 77.0 Å². The Labute approximate surface area is 405 Å². The maximum Gasteiger partial charge on any atom is 0.361 e. The van der Waals surface area contributed by atoms with E-state index in [1.54, 1.807) is 0 Å². The van der Waals surface area contributed by atoms with Gasteiger partial charge >= 0.3 is 17.9 Å². The predicted octanol–water partition coefficient (Wildman–Crippen LogP) is 15.3. The molecule has 2 atom stereocenters. The Morgan fingerprint density at radius 2 is 0.864 bits per heavy atom. The highest BCUT2D eigenvalue weighted by molar-refractivity contribution is 5.71. The van der Waals surface area contributed by atoms with Gasteiger partial charge < -0.3 is 28.5 Å². The van der Waals surface area contributed by atoms with Crippen LogP contribution < -0.4 is 0 Å². The van der Waals surface area contributed by atoms with Gasteiger partial charge in [0.1, 0.15) is 13.2 Å². The summed E-state index contributed by atoms with van der Waals surface area (Å²) in [7, 11) is 5.96. The number of carboxylic acids is 1. The average Bonchev–Trinajstić information content (AvgIpc) is 3.28. The summed E-state index contributed by atoms with van der Waals surface area (Å²) in [6.07, 6.45) is 57.1. The number of unbranched alkanes of at least 4 members (excludes halogenated alkanes) is 24. The van der Waals surface area contributed by atoms with Gasteiger partial charge in [0, 0.05) is 12.8 Å². The molecule has 2 unspecified atom stereocenters. The zero-order chi connectivity index (χ0) is 48.4. The van der Waals surface area contributed by atoms with Crippen LogP contribution in [0.3, 0.4) is 0 Å². The third kappa shape index (κ3) is 48.9. The summed E-state index contributed by atoms with van der Waals surface area (Å²) < 4.78 is 22.8. The number of carboxylic acid groups (broad SMARTS) is 1. The number of rotatable bonds is 49. The number of quaternary nitrogens is 1. The average molecular weight is 929 g/mol. The van der Waals surface area contributed by atoms with Gasteiger partial charge in [0.05, 0.1) is 34.4 Å². The fourth-order valence-corrected chi connectivity index (χ4v) is 7.39. The van der Waals surface area contributed by atoms with Gasteiger partial charge in [0.2, 0.25) is 0 Å². The van der Waals surface area contributed by atoms with Gasteiger partial charge in [-0.1, -0.05) is 216 Å². The number of aliphatic carboxylic acids is 1. The fourth-order valence-electron chi connectivity index (χ4n) is 7.39. The van der Waals surface area contributed by atoms with E-state index in [1.807, 2.05) is 21.1 Å². The lowest BCUT2D eigenvalue weighted by Crippen LogP contribution is -2.40. The van der Waals surface area contributed by atoms with Crippen LogP contribution in [0, 0.1) is 0 Å². The number of hydrogen-bond acceptors (Lipinski definition) is 7. The van der Waals surface area contributed by atoms with Crippen LogP contribution >= 0.6 is 0 Å². The van der Waals surface area contributed by atoms with Crippen molar-refractivity contribution in [2.75, 3.05) is 47.5 Å². The Balaban J connectivity index is 4.25. The first-order chi connectivity index (χ1) is 32.1. The summed E-state index contributed by atoms with van der Waals surface area (Å²) in [5.74, 6) is -2.00. The van der Waals surface area contributed by atoms with Crippen molar-refractivity contribution in [2.24, 2.45) is 0 Å². The molecule has 0 amide bonds. The molecule has 0 aromatic heterocycles. The van der Waals surface area contributed by atoms with Crippen molar-refractivity contribution in [3.8, 4) is 0 Å². The maximum atomic E-state index is 12.8. The van der Waals surface area contributed by atoms with Crippen LogP contribution in [0.5, 0.6) is 0 Å². The number of likely N-dealkylation sites (N-methyl/N-ethyl adjacent to an activating group) is 1. The van der Waals surface area contributed by atoms with Crippen LogP contribution in [0.1, 0.15) is 226 Å². The molecule has 0 spiro atoms. The Morgan fingerprint density at radius 1 is 0.470 bits per heavy atom. The lowest BCUT2D eigenvalue weighted by atomic mass is 10.0. The first-order valence-electron chi connectivity index (χ1n) is 27.0. The Morgan fingerprint density at radius 3 is 1.29 bits per heavy atom. The SMILES string of the molecule is CC/C=C\C/C=C\C/C=C\C/C=C\C/C=C\CCCCCCCCCCCCCC(=O)OC(COC(=O)CCCCCCCCCCCCCCCC)COC(OCC[N+](C)(C)C)C(=O)O. The third-order valence-corrected chi connectivity index (χ3v) is 11.5. The molecule has 66 heavy (non-hydrogen) atoms. The van der Waals surface area contributed by atoms with Crippen molar-refractivity contribution < 1.29 is 42.9 Å². The van der Waals surface area contributed by atoms with Crippen molar-refractivity contribution in [1.29, 1.82) is 0 Å². The molecule has 0 aliphatic carbocycles. The number of allylic oxidation sites excluding steroid dienone is 10. The van der Waals surface area contributed by atoms with Crippen LogP contribution in [-0.2, 0) is 33.3 Å². The van der Waals surface area contributed by atoms with E-state index in [9.17, 15) is 19.5 Å². The van der Waals surface area contributed by atoms with Crippen LogP contribution in [-0.4, -0.2) is 87.4 Å². The van der Waals surface area contributed by atoms with Crippen molar-refractivity contribution in [3.05, 3.63) is 60.8 Å². The first-order valence-corrected chi connectivity index (χ1v) is 27.0. The molecule has 0 aromatic carbocycles. The number of carbonyl (C=O) groups excluding carboxylic acids is 2. The normalized spacial score (nSPS) is 13.3. The zero-order valence-corrected chi connectivity index (χ0v) is 43.3. The van der Waals surface area contributed by atoms with Gasteiger partial charge in [-0.3, -0.25) is 9.59 Å². The minimum Gasteiger partial charge on any atom is -0.477 e. The Hall–Kier alpha value is -3.01. The largest absolute Gasteiger partial charge is 0.477 e. The summed E-state index contributed by atoms with van der Waals surface area (Å²) in [6.45, 7) is 4.77. The Kier molecular flexibility index (Phi) is 46.2. The van der Waals surface area contributed by atoms with Crippen molar-refractivity contribution >= 4 is 17.9 Å². The van der Waals surface area contributed by atoms with Crippen LogP contribution in [0.25, 0.3) is 0 Å². The molecular weight excluding hydrogens is 827 g/mol. The molecular formula is C57H102NO8+. The number of nitrogens with zero attached hydrogens (tertiary/aromatic N) is 1. The number of hydrogen-bond donors (Lipinski definition) is 1. The maximum absolute atomic E-state index is 12.8. The first kappa shape index (κ1) is 63.0. The van der Waals surface area contributed by atoms with Crippen LogP contribution in [0.4, 0.5) is 0 Å². The molecule has 0 fully saturated rings. The lowest BCUT2D eigenvalue weighted by Gasteiger charge is -2.25. The van der Waals surface area contributed by atoms with E-state index in [2.05, 4.69) is 74.6 Å². The van der Waals surface area contributed by atoms with E-state index >= 15 is 0 Å². The monoisotopic (exact) mass is 929 g/mol. The molecule has 382 valence electrons. The number of ether oxygens (including phenoxy) is 4. The predicted molar refractivity (Wildman–Crippen MR) is 276 cm³/mol. The molecule has 9 heteroatoms. The van der Waals surface area contributed by atoms with Crippen molar-refractivity contribution in [3.63, 3.8) is 0 Å². The van der Waals surface area contributed by atoms with Gasteiger partial charge in [-0.15, -0.1) is 0 Å². The molecule has 0 aliphatic rings. The topological polar surface area (TPSA) is 108 Å². The summed E-state index contributed by atoms with van der Waals surface area (Å²) in [5, 5.41) is 9.68. The van der Waals surface area contributed by atoms with Crippen LogP contribution in [0.15, 0.2) is 60.8 Å². The molecule has 0 bridgehead atoms. The van der Waals surface area contributed by atoms with Gasteiger partial charge in [0.15, 0.2) is 6.10 Å². The van der Waals surface area contributed by atoms with E-state index in [0.29, 0.717) is 17.4 Å². The smallest absolute Gasteiger partial charge is 0.361 e. The second-order valence-corrected chi connectivity index (χ2v) is 19.2. The molecule has 1 N–H and O–H groups in total. The quantitative estimate of drug-likeness (QED) is 0.0211. The Bertz CT molecular complexity index is 1270. The zero-order valence-electron chi connectivity index (χ0n) is 43.3. The summed E-state index contributed by atoms with van der Waals surface area (Å²) >= 11 is 0. The standard InChI is InChI=1S/C57H101NO8/c1-6-8-10-12-14-16-18-20-22-23-24-25-26-27-28-29-30-31-32-33-34-36-38-40-42-44-46-48-55(60)66-53(52-65-57(56(61)62)63-50-49-58(3,4)5)51-64-54(59)47-45-43-41-39-37-35-21-19-17-15-13-11-9-7-2/h8,10,14,16,20,22,24-25,27-28,53,57H,6-7,9,11-13,15,17-19,21,23,26,29-52H2,1-5H3/p+1/b10-8-,16-14-,22-20-,25-24-,28-27-. The van der Waals surface area contributed by atoms with Gasteiger partial charge in [-0.25, -0.2) is 4.79 Å². The third-order valence-electron chi connectivity index (χ3n) is 11.5. The summed E-state index contributed by atoms with van der Waals surface area (Å²) in [6, 6.07) is 0. The van der Waals surface area contributed by atoms with E-state index < -0.39 is 24.3 Å². The molecule has 0 heterocycles. The molecule has 0 saturated heterocycles. The highest BCUT2D eigenvalue weighted by Gasteiger charge is 2.25. The van der Waals surface area contributed by atoms with Crippen molar-refractivity contribution in [2.45, 2.75) is 238 Å². The molecule has 0 radical (unpaired) electrons. The van der Waals surface area contributed by atoms with E-state index in [1.165, 1.54) is 122 Å². The minimum absolute atomic E-state index is 0.182. The van der Waals surface area contributed by atoms with E-state index in [4.69, 9.17) is 18.9 Å². The highest BCUT2D eigenvalue weighted by atomic mass is 16.7. The van der Waals surface area contributed by atoms with Gasteiger partial charge in [-0.05, 0) is 57.8 Å². The highest BCUT2D eigenvalue weighted by Crippen LogP contribution is 2.16. The molecule has 0 aliphatic heterocycles. The second-order valence-electron chi connectivity index (χ2n) is 19.2. The molecule has 9 nitrogen and oxygen atoms in total. The lowest BCUT2D eigenvalue weighted by molar-refractivity contribution is -0.870. The van der Waals surface area contributed by atoms with Crippen LogP contribution in [0.2, 0.25) is 0 Å². The summed E-state index contributed by atoms with van der Waals surface area (Å²) in [5.41, 5.74) is 0. The summed E-state index contributed by atoms with van der Waals surface area (Å²) in [4.78, 5) is 37.3. The van der Waals surface area contributed by atoms with E-state index in [-0.39, 0.29) is 32.2 Å². The van der Waals surface area contributed by atoms with Gasteiger partial charge in [-0.2, -0.15) is 0 Å². The van der Waals surface area contributed by atoms with Gasteiger partial charge in [0.25, 0.3) is 6.29 Å². The minimum atomic E-state index is -1.51. The van der Waals surface area contributed by atoms with Crippen molar-refractivity contribution in [1.82, 2.24) is 0 Å². The number of carbonyl (C=O) groups is 3. The fraction of sp³-hybridized carbons (Fsp3) is 0.772. The number of esters is 2. The molecule has 0 rings (SSSR count).